The molecule has 0 amide bonds. The van der Waals surface area contributed by atoms with E-state index in [1.165, 1.54) is 108 Å². The lowest BCUT2D eigenvalue weighted by Crippen LogP contribution is -2.21. The maximum Gasteiger partial charge on any atom is 0.0575 e. The van der Waals surface area contributed by atoms with Crippen LogP contribution >= 0.6 is 0 Å². The van der Waals surface area contributed by atoms with Crippen molar-refractivity contribution < 1.29 is 4.74 Å². The molecule has 0 bridgehead atoms. The van der Waals surface area contributed by atoms with Gasteiger partial charge in [0.2, 0.25) is 0 Å². The topological polar surface area (TPSA) is 9.23 Å². The molecule has 1 nitrogen and oxygen atoms in total. The van der Waals surface area contributed by atoms with Gasteiger partial charge in [0, 0.05) is 6.61 Å². The van der Waals surface area contributed by atoms with Crippen molar-refractivity contribution in [1.29, 1.82) is 0 Å². The molecule has 0 saturated heterocycles. The second-order valence-corrected chi connectivity index (χ2v) is 12.8. The molecule has 1 atom stereocenters. The van der Waals surface area contributed by atoms with Gasteiger partial charge in [-0.15, -0.1) is 0 Å². The molecule has 41 heavy (non-hydrogen) atoms. The summed E-state index contributed by atoms with van der Waals surface area (Å²) >= 11 is 0. The van der Waals surface area contributed by atoms with Gasteiger partial charge in [0.15, 0.2) is 0 Å². The molecule has 1 saturated carbocycles. The first-order chi connectivity index (χ1) is 19.9. The van der Waals surface area contributed by atoms with Crippen molar-refractivity contribution in [2.45, 2.75) is 117 Å². The summed E-state index contributed by atoms with van der Waals surface area (Å²) in [4.78, 5) is 0. The maximum absolute atomic E-state index is 6.23. The van der Waals surface area contributed by atoms with Crippen molar-refractivity contribution in [2.75, 3.05) is 6.61 Å². The molecule has 0 spiro atoms. The highest BCUT2D eigenvalue weighted by atomic mass is 16.5. The summed E-state index contributed by atoms with van der Waals surface area (Å²) in [6, 6.07) is 21.1. The van der Waals surface area contributed by atoms with Crippen molar-refractivity contribution in [1.82, 2.24) is 0 Å². The molecule has 0 heterocycles. The predicted molar refractivity (Wildman–Crippen MR) is 180 cm³/mol. The summed E-state index contributed by atoms with van der Waals surface area (Å²) in [6.07, 6.45) is 14.9. The number of fused-ring (bicyclic) bond motifs is 1. The van der Waals surface area contributed by atoms with E-state index in [0.29, 0.717) is 17.9 Å². The number of benzene rings is 3. The van der Waals surface area contributed by atoms with E-state index in [0.717, 1.165) is 25.9 Å². The van der Waals surface area contributed by atoms with Crippen molar-refractivity contribution in [3.63, 3.8) is 0 Å². The van der Waals surface area contributed by atoms with E-state index in [-0.39, 0.29) is 0 Å². The minimum atomic E-state index is 0.468. The van der Waals surface area contributed by atoms with Gasteiger partial charge < -0.3 is 4.74 Å². The number of hydrogen-bond acceptors (Lipinski definition) is 1. The highest BCUT2D eigenvalue weighted by Crippen LogP contribution is 2.36. The van der Waals surface area contributed by atoms with Crippen LogP contribution in [0.15, 0.2) is 78.9 Å². The van der Waals surface area contributed by atoms with Gasteiger partial charge in [0.1, 0.15) is 0 Å². The molecule has 1 aliphatic carbocycles. The zero-order valence-electron chi connectivity index (χ0n) is 26.4. The van der Waals surface area contributed by atoms with E-state index in [1.54, 1.807) is 0 Å². The lowest BCUT2D eigenvalue weighted by Gasteiger charge is -2.29. The summed E-state index contributed by atoms with van der Waals surface area (Å²) in [5.41, 5.74) is 9.35. The zero-order chi connectivity index (χ0) is 29.2. The number of ether oxygens (including phenoxy) is 1. The molecule has 1 heteroatoms. The monoisotopic (exact) mass is 550 g/mol. The molecule has 4 rings (SSSR count). The van der Waals surface area contributed by atoms with Gasteiger partial charge in [-0.3, -0.25) is 0 Å². The van der Waals surface area contributed by atoms with Gasteiger partial charge in [-0.05, 0) is 115 Å². The molecule has 0 radical (unpaired) electrons. The molecule has 1 fully saturated rings. The quantitative estimate of drug-likeness (QED) is 0.135. The van der Waals surface area contributed by atoms with Crippen LogP contribution in [-0.4, -0.2) is 12.7 Å². The van der Waals surface area contributed by atoms with Crippen molar-refractivity contribution in [3.8, 4) is 11.1 Å². The first-order valence-corrected chi connectivity index (χ1v) is 16.5. The van der Waals surface area contributed by atoms with Crippen LogP contribution in [-0.2, 0) is 17.6 Å². The summed E-state index contributed by atoms with van der Waals surface area (Å²) in [5.74, 6) is 1.20. The van der Waals surface area contributed by atoms with Gasteiger partial charge in [-0.1, -0.05) is 119 Å². The molecule has 220 valence electrons. The summed E-state index contributed by atoms with van der Waals surface area (Å²) in [6.45, 7) is 18.5. The largest absolute Gasteiger partial charge is 0.378 e. The molecule has 1 unspecified atom stereocenters. The molecular formula is C40H54O. The van der Waals surface area contributed by atoms with Crippen LogP contribution in [0.5, 0.6) is 0 Å². The van der Waals surface area contributed by atoms with E-state index in [4.69, 9.17) is 4.74 Å². The summed E-state index contributed by atoms with van der Waals surface area (Å²) in [5, 5.41) is 2.71. The molecular weight excluding hydrogens is 496 g/mol. The summed E-state index contributed by atoms with van der Waals surface area (Å²) in [7, 11) is 0. The molecule has 0 N–H and O–H groups in total. The van der Waals surface area contributed by atoms with Crippen LogP contribution in [0.25, 0.3) is 21.9 Å². The zero-order valence-corrected chi connectivity index (χ0v) is 26.4. The second kappa shape index (κ2) is 15.5. The fourth-order valence-corrected chi connectivity index (χ4v) is 6.46. The maximum atomic E-state index is 6.23. The van der Waals surface area contributed by atoms with E-state index in [1.807, 2.05) is 0 Å². The fourth-order valence-electron chi connectivity index (χ4n) is 6.46. The smallest absolute Gasteiger partial charge is 0.0575 e. The lowest BCUT2D eigenvalue weighted by atomic mass is 9.82. The highest BCUT2D eigenvalue weighted by molar-refractivity contribution is 5.92. The van der Waals surface area contributed by atoms with Crippen molar-refractivity contribution >= 4 is 10.8 Å². The van der Waals surface area contributed by atoms with E-state index < -0.39 is 0 Å². The van der Waals surface area contributed by atoms with Crippen LogP contribution in [0.2, 0.25) is 0 Å². The number of unbranched alkanes of at least 4 members (excludes halogenated alkanes) is 4. The molecule has 3 aromatic carbocycles. The van der Waals surface area contributed by atoms with Crippen LogP contribution in [0, 0.1) is 5.92 Å². The standard InChI is InChI=1S/C40H54O/c1-7-9-10-11-12-25-41-38-22-19-33(20-23-38)32-13-15-34(16-14-32)35-21-24-39-37(27-31(6)30(5)8-2)18-17-36(26-29(3)4)40(39)28-35/h13-18,21,24,28,30,33,38H,3,6-12,19-20,22-23,25-27H2,1-2,4-5H3. The third-order valence-corrected chi connectivity index (χ3v) is 9.41. The molecule has 0 aromatic heterocycles. The van der Waals surface area contributed by atoms with Gasteiger partial charge >= 0.3 is 0 Å². The first kappa shape index (κ1) is 31.3. The predicted octanol–water partition coefficient (Wildman–Crippen LogP) is 11.8. The van der Waals surface area contributed by atoms with Gasteiger partial charge in [-0.2, -0.15) is 0 Å². The average molecular weight is 551 g/mol. The third kappa shape index (κ3) is 8.68. The normalized spacial score (nSPS) is 18.0. The van der Waals surface area contributed by atoms with Crippen LogP contribution < -0.4 is 0 Å². The first-order valence-electron chi connectivity index (χ1n) is 16.5. The Hall–Kier alpha value is -2.64. The fraction of sp³-hybridized carbons (Fsp3) is 0.500. The number of allylic oxidation sites excluding steroid dienone is 2. The Labute approximate surface area is 251 Å². The van der Waals surface area contributed by atoms with Crippen LogP contribution in [0.3, 0.4) is 0 Å². The second-order valence-electron chi connectivity index (χ2n) is 12.8. The Morgan fingerprint density at radius 3 is 2.10 bits per heavy atom. The van der Waals surface area contributed by atoms with Crippen LogP contribution in [0.1, 0.15) is 115 Å². The number of hydrogen-bond donors (Lipinski definition) is 0. The Balaban J connectivity index is 1.44. The third-order valence-electron chi connectivity index (χ3n) is 9.41. The van der Waals surface area contributed by atoms with Crippen LogP contribution in [0.4, 0.5) is 0 Å². The van der Waals surface area contributed by atoms with Gasteiger partial charge in [0.05, 0.1) is 6.10 Å². The Morgan fingerprint density at radius 1 is 0.780 bits per heavy atom. The van der Waals surface area contributed by atoms with Crippen molar-refractivity contribution in [2.24, 2.45) is 5.92 Å². The van der Waals surface area contributed by atoms with E-state index >= 15 is 0 Å². The SMILES string of the molecule is C=C(C)Cc1ccc(CC(=C)C(C)CC)c2ccc(-c3ccc(C4CCC(OCCCCCCC)CC4)cc3)cc12. The average Bonchev–Trinajstić information content (AvgIpc) is 2.99. The molecule has 3 aromatic rings. The van der Waals surface area contributed by atoms with E-state index in [2.05, 4.69) is 95.5 Å². The molecule has 0 aliphatic heterocycles. The number of rotatable bonds is 15. The minimum absolute atomic E-state index is 0.468. The highest BCUT2D eigenvalue weighted by Gasteiger charge is 2.23. The summed E-state index contributed by atoms with van der Waals surface area (Å²) < 4.78 is 6.23. The van der Waals surface area contributed by atoms with Gasteiger partial charge in [-0.25, -0.2) is 0 Å². The minimum Gasteiger partial charge on any atom is -0.378 e. The Bertz CT molecular complexity index is 1270. The Morgan fingerprint density at radius 2 is 1.44 bits per heavy atom. The molecule has 1 aliphatic rings. The lowest BCUT2D eigenvalue weighted by molar-refractivity contribution is 0.0226. The van der Waals surface area contributed by atoms with Crippen molar-refractivity contribution in [3.05, 3.63) is 95.6 Å². The van der Waals surface area contributed by atoms with Gasteiger partial charge in [0.25, 0.3) is 0 Å². The Kier molecular flexibility index (Phi) is 11.9. The van der Waals surface area contributed by atoms with E-state index in [9.17, 15) is 0 Å².